The Morgan fingerprint density at radius 2 is 2.16 bits per heavy atom. The molecule has 3 heterocycles. The summed E-state index contributed by atoms with van der Waals surface area (Å²) < 4.78 is 1.53. The first-order chi connectivity index (χ1) is 12.3. The number of carbonyl (C=O) groups excluding carboxylic acids is 1. The first-order valence-electron chi connectivity index (χ1n) is 7.39. The van der Waals surface area contributed by atoms with Gasteiger partial charge in [0, 0.05) is 11.1 Å². The molecular weight excluding hydrogens is 356 g/mol. The highest BCUT2D eigenvalue weighted by Crippen LogP contribution is 2.28. The lowest BCUT2D eigenvalue weighted by Gasteiger charge is -2.06. The molecule has 7 nitrogen and oxygen atoms in total. The standard InChI is InChI=1S/C16H12N6OS2/c23-15(8-12-9-25-16(19-12)14-5-2-6-24-14)18-11-3-1-4-13(7-11)22-10-17-20-21-22/h1-7,9-10H,8H2,(H,18,23). The fourth-order valence-corrected chi connectivity index (χ4v) is 3.91. The molecule has 4 aromatic rings. The number of hydrogen-bond acceptors (Lipinski definition) is 7. The zero-order valence-electron chi connectivity index (χ0n) is 12.9. The third-order valence-corrected chi connectivity index (χ3v) is 5.30. The lowest BCUT2D eigenvalue weighted by molar-refractivity contribution is -0.115. The third kappa shape index (κ3) is 3.62. The summed E-state index contributed by atoms with van der Waals surface area (Å²) in [5, 5.41) is 18.8. The van der Waals surface area contributed by atoms with Crippen molar-refractivity contribution in [1.29, 1.82) is 0 Å². The lowest BCUT2D eigenvalue weighted by Crippen LogP contribution is -2.14. The first kappa shape index (κ1) is 15.6. The highest BCUT2D eigenvalue weighted by atomic mass is 32.1. The van der Waals surface area contributed by atoms with Gasteiger partial charge in [-0.25, -0.2) is 9.67 Å². The van der Waals surface area contributed by atoms with E-state index in [1.165, 1.54) is 11.0 Å². The maximum Gasteiger partial charge on any atom is 0.230 e. The van der Waals surface area contributed by atoms with Crippen molar-refractivity contribution < 1.29 is 4.79 Å². The zero-order valence-corrected chi connectivity index (χ0v) is 14.5. The summed E-state index contributed by atoms with van der Waals surface area (Å²) in [4.78, 5) is 17.9. The largest absolute Gasteiger partial charge is 0.326 e. The average molecular weight is 368 g/mol. The SMILES string of the molecule is O=C(Cc1csc(-c2cccs2)n1)Nc1cccc(-n2cnnn2)c1. The van der Waals surface area contributed by atoms with E-state index in [0.717, 1.165) is 21.3 Å². The topological polar surface area (TPSA) is 85.6 Å². The summed E-state index contributed by atoms with van der Waals surface area (Å²) in [7, 11) is 0. The van der Waals surface area contributed by atoms with Crippen LogP contribution in [0.3, 0.4) is 0 Å². The number of amides is 1. The Hall–Kier alpha value is -2.91. The molecule has 0 bridgehead atoms. The van der Waals surface area contributed by atoms with Crippen LogP contribution in [-0.2, 0) is 11.2 Å². The molecule has 0 aliphatic carbocycles. The molecule has 0 unspecified atom stereocenters. The number of thiazole rings is 1. The highest BCUT2D eigenvalue weighted by Gasteiger charge is 2.10. The normalized spacial score (nSPS) is 10.7. The van der Waals surface area contributed by atoms with Gasteiger partial charge in [0.15, 0.2) is 0 Å². The summed E-state index contributed by atoms with van der Waals surface area (Å²) >= 11 is 3.19. The maximum absolute atomic E-state index is 12.3. The van der Waals surface area contributed by atoms with Crippen LogP contribution in [0.15, 0.2) is 53.5 Å². The number of thiophene rings is 1. The van der Waals surface area contributed by atoms with Crippen molar-refractivity contribution >= 4 is 34.3 Å². The molecule has 3 aromatic heterocycles. The summed E-state index contributed by atoms with van der Waals surface area (Å²) in [6, 6.07) is 11.4. The van der Waals surface area contributed by atoms with E-state index in [1.807, 2.05) is 47.2 Å². The van der Waals surface area contributed by atoms with Crippen LogP contribution in [0.25, 0.3) is 15.6 Å². The van der Waals surface area contributed by atoms with Gasteiger partial charge in [0.2, 0.25) is 5.91 Å². The van der Waals surface area contributed by atoms with Crippen molar-refractivity contribution in [1.82, 2.24) is 25.2 Å². The minimum absolute atomic E-state index is 0.114. The summed E-state index contributed by atoms with van der Waals surface area (Å²) in [5.74, 6) is -0.114. The molecule has 4 rings (SSSR count). The van der Waals surface area contributed by atoms with E-state index >= 15 is 0 Å². The van der Waals surface area contributed by atoms with Gasteiger partial charge in [-0.2, -0.15) is 0 Å². The molecule has 0 spiro atoms. The van der Waals surface area contributed by atoms with Gasteiger partial charge in [0.05, 0.1) is 22.7 Å². The Labute approximate surface area is 151 Å². The molecule has 1 aromatic carbocycles. The van der Waals surface area contributed by atoms with Crippen molar-refractivity contribution in [2.75, 3.05) is 5.32 Å². The second kappa shape index (κ2) is 6.91. The Morgan fingerprint density at radius 3 is 2.96 bits per heavy atom. The lowest BCUT2D eigenvalue weighted by atomic mass is 10.2. The predicted molar refractivity (Wildman–Crippen MR) is 96.9 cm³/mol. The Balaban J connectivity index is 1.43. The Bertz CT molecular complexity index is 978. The number of hydrogen-bond donors (Lipinski definition) is 1. The van der Waals surface area contributed by atoms with Crippen LogP contribution in [0.4, 0.5) is 5.69 Å². The predicted octanol–water partition coefficient (Wildman–Crippen LogP) is 3.03. The highest BCUT2D eigenvalue weighted by molar-refractivity contribution is 7.20. The summed E-state index contributed by atoms with van der Waals surface area (Å²) in [6.45, 7) is 0. The molecule has 25 heavy (non-hydrogen) atoms. The number of benzene rings is 1. The Kier molecular flexibility index (Phi) is 4.32. The Morgan fingerprint density at radius 1 is 1.20 bits per heavy atom. The van der Waals surface area contributed by atoms with Gasteiger partial charge in [-0.05, 0) is 40.1 Å². The smallest absolute Gasteiger partial charge is 0.230 e. The number of carbonyl (C=O) groups is 1. The van der Waals surface area contributed by atoms with E-state index in [4.69, 9.17) is 0 Å². The second-order valence-corrected chi connectivity index (χ2v) is 6.96. The quantitative estimate of drug-likeness (QED) is 0.585. The second-order valence-electron chi connectivity index (χ2n) is 5.15. The fourth-order valence-electron chi connectivity index (χ4n) is 2.28. The fraction of sp³-hybridized carbons (Fsp3) is 0.0625. The van der Waals surface area contributed by atoms with E-state index in [-0.39, 0.29) is 12.3 Å². The number of rotatable bonds is 5. The monoisotopic (exact) mass is 368 g/mol. The van der Waals surface area contributed by atoms with Crippen LogP contribution in [0.5, 0.6) is 0 Å². The van der Waals surface area contributed by atoms with Crippen LogP contribution < -0.4 is 5.32 Å². The average Bonchev–Trinajstić information content (AvgIpc) is 3.37. The molecule has 0 aliphatic rings. The number of nitrogens with one attached hydrogen (secondary N) is 1. The van der Waals surface area contributed by atoms with Gasteiger partial charge >= 0.3 is 0 Å². The molecule has 0 atom stereocenters. The third-order valence-electron chi connectivity index (χ3n) is 3.37. The molecule has 0 saturated carbocycles. The van der Waals surface area contributed by atoms with Gasteiger partial charge in [0.25, 0.3) is 0 Å². The summed E-state index contributed by atoms with van der Waals surface area (Å²) in [6.07, 6.45) is 1.74. The van der Waals surface area contributed by atoms with Gasteiger partial charge < -0.3 is 5.32 Å². The van der Waals surface area contributed by atoms with Crippen molar-refractivity contribution in [3.63, 3.8) is 0 Å². The van der Waals surface area contributed by atoms with E-state index in [2.05, 4.69) is 25.8 Å². The molecule has 9 heteroatoms. The number of nitrogens with zero attached hydrogens (tertiary/aromatic N) is 5. The minimum atomic E-state index is -0.114. The van der Waals surface area contributed by atoms with Gasteiger partial charge in [-0.1, -0.05) is 12.1 Å². The van der Waals surface area contributed by atoms with Crippen LogP contribution in [0.2, 0.25) is 0 Å². The minimum Gasteiger partial charge on any atom is -0.326 e. The number of aromatic nitrogens is 5. The van der Waals surface area contributed by atoms with Crippen LogP contribution in [0, 0.1) is 0 Å². The molecule has 0 saturated heterocycles. The van der Waals surface area contributed by atoms with Crippen molar-refractivity contribution in [3.05, 3.63) is 59.2 Å². The molecule has 0 fully saturated rings. The molecule has 0 radical (unpaired) electrons. The van der Waals surface area contributed by atoms with E-state index in [0.29, 0.717) is 5.69 Å². The van der Waals surface area contributed by atoms with Gasteiger partial charge in [-0.15, -0.1) is 27.8 Å². The first-order valence-corrected chi connectivity index (χ1v) is 9.15. The number of anilines is 1. The molecule has 1 N–H and O–H groups in total. The van der Waals surface area contributed by atoms with Crippen LogP contribution >= 0.6 is 22.7 Å². The van der Waals surface area contributed by atoms with Crippen LogP contribution in [0.1, 0.15) is 5.69 Å². The van der Waals surface area contributed by atoms with E-state index in [9.17, 15) is 4.79 Å². The molecular formula is C16H12N6OS2. The molecule has 0 aliphatic heterocycles. The van der Waals surface area contributed by atoms with Gasteiger partial charge in [-0.3, -0.25) is 4.79 Å². The summed E-state index contributed by atoms with van der Waals surface area (Å²) in [5.41, 5.74) is 2.23. The van der Waals surface area contributed by atoms with Crippen molar-refractivity contribution in [3.8, 4) is 15.6 Å². The molecule has 124 valence electrons. The van der Waals surface area contributed by atoms with E-state index < -0.39 is 0 Å². The van der Waals surface area contributed by atoms with E-state index in [1.54, 1.807) is 22.7 Å². The van der Waals surface area contributed by atoms with Crippen molar-refractivity contribution in [2.24, 2.45) is 0 Å². The number of tetrazole rings is 1. The van der Waals surface area contributed by atoms with Crippen LogP contribution in [-0.4, -0.2) is 31.1 Å². The van der Waals surface area contributed by atoms with Gasteiger partial charge in [0.1, 0.15) is 11.3 Å². The zero-order chi connectivity index (χ0) is 17.1. The van der Waals surface area contributed by atoms with Crippen molar-refractivity contribution in [2.45, 2.75) is 6.42 Å². The molecule has 1 amide bonds. The maximum atomic E-state index is 12.3.